The molecule has 1 amide bonds. The van der Waals surface area contributed by atoms with Crippen molar-refractivity contribution in [2.24, 2.45) is 18.9 Å². The Bertz CT molecular complexity index is 1760. The second-order valence-corrected chi connectivity index (χ2v) is 11.9. The first-order valence-electron chi connectivity index (χ1n) is 13.2. The molecule has 2 aromatic heterocycles. The number of nitrogens with one attached hydrogen (secondary N) is 1. The molecule has 1 saturated carbocycles. The van der Waals surface area contributed by atoms with Crippen molar-refractivity contribution >= 4 is 34.4 Å². The Balaban J connectivity index is 1.25. The summed E-state index contributed by atoms with van der Waals surface area (Å²) < 4.78 is 17.7. The molecule has 3 atom stereocenters. The normalized spacial score (nSPS) is 22.0. The highest BCUT2D eigenvalue weighted by atomic mass is 32.2. The van der Waals surface area contributed by atoms with Gasteiger partial charge in [-0.15, -0.1) is 5.10 Å². The standard InChI is InChI=1S/C30H28FN7OS/c1-18-5-4-6-22(11-18)34-29(39)28-25-16-37(40-27-15-32-36(3)35-27)17-30(25,28)24-13-20-14-33-38(26(20)12-19(24)2)23-9-7-21(31)8-10-23/h4-15,25,28H,16-17H2,1-3H3,(H,34,39). The maximum Gasteiger partial charge on any atom is 0.228 e. The Morgan fingerprint density at radius 2 is 1.90 bits per heavy atom. The van der Waals surface area contributed by atoms with Gasteiger partial charge in [0, 0.05) is 36.6 Å². The zero-order valence-corrected chi connectivity index (χ0v) is 23.2. The van der Waals surface area contributed by atoms with Crippen molar-refractivity contribution in [3.05, 3.63) is 95.6 Å². The van der Waals surface area contributed by atoms with Gasteiger partial charge in [-0.05, 0) is 96.9 Å². The largest absolute Gasteiger partial charge is 0.326 e. The van der Waals surface area contributed by atoms with Crippen LogP contribution in [-0.2, 0) is 17.3 Å². The zero-order chi connectivity index (χ0) is 27.6. The van der Waals surface area contributed by atoms with Crippen LogP contribution in [0.5, 0.6) is 0 Å². The number of benzene rings is 3. The van der Waals surface area contributed by atoms with Crippen LogP contribution in [0.3, 0.4) is 0 Å². The van der Waals surface area contributed by atoms with E-state index in [-0.39, 0.29) is 29.0 Å². The van der Waals surface area contributed by atoms with Crippen LogP contribution in [0.1, 0.15) is 16.7 Å². The van der Waals surface area contributed by atoms with Gasteiger partial charge in [-0.1, -0.05) is 12.1 Å². The van der Waals surface area contributed by atoms with E-state index in [2.05, 4.69) is 44.0 Å². The number of nitrogens with zero attached hydrogens (tertiary/aromatic N) is 6. The molecule has 3 unspecified atom stereocenters. The van der Waals surface area contributed by atoms with Gasteiger partial charge in [0.25, 0.3) is 0 Å². The first kappa shape index (κ1) is 25.0. The van der Waals surface area contributed by atoms with Gasteiger partial charge in [0.15, 0.2) is 5.03 Å². The van der Waals surface area contributed by atoms with E-state index in [1.54, 1.807) is 35.1 Å². The molecule has 0 bridgehead atoms. The Kier molecular flexibility index (Phi) is 5.79. The number of hydrogen-bond donors (Lipinski definition) is 1. The quantitative estimate of drug-likeness (QED) is 0.296. The molecule has 8 nitrogen and oxygen atoms in total. The van der Waals surface area contributed by atoms with Crippen LogP contribution in [-0.4, -0.2) is 48.1 Å². The molecule has 1 aliphatic heterocycles. The lowest BCUT2D eigenvalue weighted by atomic mass is 9.88. The number of fused-ring (bicyclic) bond motifs is 2. The topological polar surface area (TPSA) is 80.9 Å². The molecule has 1 aliphatic carbocycles. The molecular weight excluding hydrogens is 525 g/mol. The molecule has 1 N–H and O–H groups in total. The van der Waals surface area contributed by atoms with E-state index >= 15 is 0 Å². The van der Waals surface area contributed by atoms with Gasteiger partial charge >= 0.3 is 0 Å². The number of rotatable bonds is 6. The highest BCUT2D eigenvalue weighted by Gasteiger charge is 2.73. The van der Waals surface area contributed by atoms with Gasteiger partial charge in [0.1, 0.15) is 5.82 Å². The summed E-state index contributed by atoms with van der Waals surface area (Å²) >= 11 is 1.59. The second kappa shape index (κ2) is 9.28. The monoisotopic (exact) mass is 553 g/mol. The molecule has 0 radical (unpaired) electrons. The molecule has 3 heterocycles. The zero-order valence-electron chi connectivity index (χ0n) is 22.4. The number of anilines is 1. The number of piperidine rings is 1. The summed E-state index contributed by atoms with van der Waals surface area (Å²) in [5.41, 5.74) is 5.64. The molecule has 10 heteroatoms. The van der Waals surface area contributed by atoms with Gasteiger partial charge < -0.3 is 5.32 Å². The van der Waals surface area contributed by atoms with Crippen molar-refractivity contribution in [1.82, 2.24) is 29.1 Å². The average molecular weight is 554 g/mol. The number of hydrogen-bond acceptors (Lipinski definition) is 6. The number of amides is 1. The van der Waals surface area contributed by atoms with Crippen LogP contribution < -0.4 is 5.32 Å². The fourth-order valence-corrected chi connectivity index (χ4v) is 7.46. The predicted octanol–water partition coefficient (Wildman–Crippen LogP) is 5.06. The van der Waals surface area contributed by atoms with Crippen molar-refractivity contribution < 1.29 is 9.18 Å². The highest BCUT2D eigenvalue weighted by molar-refractivity contribution is 7.97. The maximum absolute atomic E-state index is 13.7. The van der Waals surface area contributed by atoms with E-state index in [1.165, 1.54) is 17.7 Å². The predicted molar refractivity (Wildman–Crippen MR) is 153 cm³/mol. The minimum atomic E-state index is -0.320. The molecule has 3 aromatic carbocycles. The van der Waals surface area contributed by atoms with Gasteiger partial charge in [0.05, 0.1) is 29.5 Å². The third-order valence-corrected chi connectivity index (χ3v) is 9.11. The van der Waals surface area contributed by atoms with E-state index in [4.69, 9.17) is 0 Å². The lowest BCUT2D eigenvalue weighted by Crippen LogP contribution is -2.30. The van der Waals surface area contributed by atoms with E-state index in [0.29, 0.717) is 0 Å². The van der Waals surface area contributed by atoms with E-state index in [9.17, 15) is 9.18 Å². The van der Waals surface area contributed by atoms with Gasteiger partial charge in [0.2, 0.25) is 5.91 Å². The molecule has 40 heavy (non-hydrogen) atoms. The van der Waals surface area contributed by atoms with Crippen LogP contribution >= 0.6 is 11.9 Å². The van der Waals surface area contributed by atoms with Crippen molar-refractivity contribution in [2.45, 2.75) is 24.3 Å². The summed E-state index contributed by atoms with van der Waals surface area (Å²) in [5.74, 6) is -0.196. The van der Waals surface area contributed by atoms with Gasteiger partial charge in [-0.2, -0.15) is 15.0 Å². The number of carbonyl (C=O) groups is 1. The molecule has 2 fully saturated rings. The third-order valence-electron chi connectivity index (χ3n) is 8.20. The smallest absolute Gasteiger partial charge is 0.228 e. The SMILES string of the molecule is Cc1cccc(NC(=O)C2C3CN(Sc4cnn(C)n4)CC32c2cc3cnn(-c4ccc(F)cc4)c3cc2C)c1. The summed E-state index contributed by atoms with van der Waals surface area (Å²) in [6.45, 7) is 5.63. The fourth-order valence-electron chi connectivity index (χ4n) is 6.43. The Labute approximate surface area is 235 Å². The molecule has 202 valence electrons. The second-order valence-electron chi connectivity index (χ2n) is 10.8. The maximum atomic E-state index is 13.7. The average Bonchev–Trinajstić information content (AvgIpc) is 3.28. The number of aryl methyl sites for hydroxylation is 3. The lowest BCUT2D eigenvalue weighted by Gasteiger charge is -2.23. The summed E-state index contributed by atoms with van der Waals surface area (Å²) in [6.07, 6.45) is 3.61. The number of carbonyl (C=O) groups excluding carboxylic acids is 1. The summed E-state index contributed by atoms with van der Waals surface area (Å²) in [6, 6.07) is 18.6. The van der Waals surface area contributed by atoms with Crippen molar-refractivity contribution in [3.63, 3.8) is 0 Å². The van der Waals surface area contributed by atoms with Crippen LogP contribution in [0.15, 0.2) is 78.1 Å². The van der Waals surface area contributed by atoms with Crippen LogP contribution in [0.25, 0.3) is 16.6 Å². The number of aromatic nitrogens is 5. The fraction of sp³-hybridized carbons (Fsp3) is 0.267. The van der Waals surface area contributed by atoms with E-state index in [0.717, 1.165) is 51.5 Å². The van der Waals surface area contributed by atoms with E-state index < -0.39 is 0 Å². The van der Waals surface area contributed by atoms with Gasteiger partial charge in [-0.3, -0.25) is 4.79 Å². The summed E-state index contributed by atoms with van der Waals surface area (Å²) in [4.78, 5) is 15.3. The summed E-state index contributed by atoms with van der Waals surface area (Å²) in [7, 11) is 1.81. The lowest BCUT2D eigenvalue weighted by molar-refractivity contribution is -0.118. The molecule has 0 spiro atoms. The highest BCUT2D eigenvalue weighted by Crippen LogP contribution is 2.66. The third kappa shape index (κ3) is 4.10. The molecule has 5 aromatic rings. The van der Waals surface area contributed by atoms with Crippen LogP contribution in [0.4, 0.5) is 10.1 Å². The molecule has 2 aliphatic rings. The van der Waals surface area contributed by atoms with E-state index in [1.807, 2.05) is 49.1 Å². The van der Waals surface area contributed by atoms with Crippen molar-refractivity contribution in [1.29, 1.82) is 0 Å². The molecule has 7 rings (SSSR count). The number of halogens is 1. The van der Waals surface area contributed by atoms with Crippen molar-refractivity contribution in [2.75, 3.05) is 18.4 Å². The Hall–Kier alpha value is -4.02. The Morgan fingerprint density at radius 1 is 1.07 bits per heavy atom. The summed E-state index contributed by atoms with van der Waals surface area (Å²) in [5, 5.41) is 18.3. The molecule has 1 saturated heterocycles. The van der Waals surface area contributed by atoms with Crippen LogP contribution in [0.2, 0.25) is 0 Å². The first-order valence-corrected chi connectivity index (χ1v) is 14.0. The van der Waals surface area contributed by atoms with Crippen molar-refractivity contribution in [3.8, 4) is 5.69 Å². The van der Waals surface area contributed by atoms with Gasteiger partial charge in [-0.25, -0.2) is 13.4 Å². The van der Waals surface area contributed by atoms with Crippen LogP contribution in [0, 0.1) is 31.5 Å². The molecular formula is C30H28FN7OS. The minimum Gasteiger partial charge on any atom is -0.326 e. The minimum absolute atomic E-state index is 0.0567. The Morgan fingerprint density at radius 3 is 2.65 bits per heavy atom. The first-order chi connectivity index (χ1) is 19.3.